The van der Waals surface area contributed by atoms with Crippen LogP contribution in [-0.4, -0.2) is 8.07 Å². The molecule has 0 aliphatic rings. The van der Waals surface area contributed by atoms with Crippen molar-refractivity contribution in [2.24, 2.45) is 0 Å². The number of terminal acetylenes is 1. The molecule has 0 N–H and O–H groups in total. The van der Waals surface area contributed by atoms with Gasteiger partial charge in [0.25, 0.3) is 0 Å². The summed E-state index contributed by atoms with van der Waals surface area (Å²) in [5.74, 6) is 0. The van der Waals surface area contributed by atoms with Crippen molar-refractivity contribution >= 4 is 8.07 Å². The Morgan fingerprint density at radius 1 is 1.33 bits per heavy atom. The van der Waals surface area contributed by atoms with E-state index in [2.05, 4.69) is 25.2 Å². The highest BCUT2D eigenvalue weighted by Gasteiger charge is 2.05. The SMILES string of the molecule is C[Si](C)(C)[13C]#[13CH]. The number of hydrogen-bond donors (Lipinski definition) is 0. The lowest BCUT2D eigenvalue weighted by Gasteiger charge is -2.00. The molecule has 34 valence electrons. The lowest BCUT2D eigenvalue weighted by Crippen LogP contribution is -2.15. The van der Waals surface area contributed by atoms with Crippen molar-refractivity contribution in [3.8, 4) is 12.0 Å². The van der Waals surface area contributed by atoms with E-state index >= 15 is 0 Å². The minimum Gasteiger partial charge on any atom is -0.135 e. The molecule has 0 heterocycles. The molecule has 0 atom stereocenters. The molecule has 0 bridgehead atoms. The lowest BCUT2D eigenvalue weighted by atomic mass is 11.8. The Morgan fingerprint density at radius 2 is 1.50 bits per heavy atom. The summed E-state index contributed by atoms with van der Waals surface area (Å²) >= 11 is 0. The van der Waals surface area contributed by atoms with E-state index in [4.69, 9.17) is 6.42 Å². The van der Waals surface area contributed by atoms with E-state index in [0.29, 0.717) is 0 Å². The average molecular weight is 100 g/mol. The van der Waals surface area contributed by atoms with Crippen LogP contribution in [0.15, 0.2) is 0 Å². The van der Waals surface area contributed by atoms with E-state index in [1.54, 1.807) is 0 Å². The second-order valence-electron chi connectivity index (χ2n) is 2.39. The van der Waals surface area contributed by atoms with Gasteiger partial charge in [0, 0.05) is 0 Å². The van der Waals surface area contributed by atoms with Crippen molar-refractivity contribution in [3.05, 3.63) is 0 Å². The second kappa shape index (κ2) is 1.48. The lowest BCUT2D eigenvalue weighted by molar-refractivity contribution is 1.82. The summed E-state index contributed by atoms with van der Waals surface area (Å²) in [4.78, 5) is 0. The second-order valence-corrected chi connectivity index (χ2v) is 7.18. The molecule has 0 unspecified atom stereocenters. The largest absolute Gasteiger partial charge is 0.135 e. The Labute approximate surface area is 40.6 Å². The topological polar surface area (TPSA) is 0 Å². The third-order valence-corrected chi connectivity index (χ3v) is 1.30. The van der Waals surface area contributed by atoms with Gasteiger partial charge in [0.1, 0.15) is 8.07 Å². The normalized spacial score (nSPS) is 10.3. The predicted molar refractivity (Wildman–Crippen MR) is 32.2 cm³/mol. The van der Waals surface area contributed by atoms with E-state index in [1.165, 1.54) is 0 Å². The van der Waals surface area contributed by atoms with E-state index in [0.717, 1.165) is 0 Å². The van der Waals surface area contributed by atoms with Gasteiger partial charge in [-0.1, -0.05) is 19.6 Å². The van der Waals surface area contributed by atoms with Crippen LogP contribution in [0, 0.1) is 12.0 Å². The predicted octanol–water partition coefficient (Wildman–Crippen LogP) is 1.50. The monoisotopic (exact) mass is 100 g/mol. The van der Waals surface area contributed by atoms with Crippen LogP contribution in [0.1, 0.15) is 0 Å². The molecule has 0 aromatic carbocycles. The van der Waals surface area contributed by atoms with E-state index in [9.17, 15) is 0 Å². The molecule has 0 saturated heterocycles. The van der Waals surface area contributed by atoms with Gasteiger partial charge in [-0.15, -0.1) is 12.0 Å². The summed E-state index contributed by atoms with van der Waals surface area (Å²) in [7, 11) is -1.10. The maximum absolute atomic E-state index is 5.12. The first kappa shape index (κ1) is 5.78. The smallest absolute Gasteiger partial charge is 0.128 e. The van der Waals surface area contributed by atoms with Gasteiger partial charge in [-0.3, -0.25) is 0 Å². The van der Waals surface area contributed by atoms with Gasteiger partial charge >= 0.3 is 0 Å². The number of rotatable bonds is 0. The average Bonchev–Trinajstić information content (AvgIpc) is 1.35. The Morgan fingerprint density at radius 3 is 1.50 bits per heavy atom. The summed E-state index contributed by atoms with van der Waals surface area (Å²) < 4.78 is 0. The fraction of sp³-hybridized carbons (Fsp3) is 0.600. The molecule has 0 amide bonds. The van der Waals surface area contributed by atoms with E-state index in [1.807, 2.05) is 0 Å². The molecule has 0 nitrogen and oxygen atoms in total. The summed E-state index contributed by atoms with van der Waals surface area (Å²) in [6, 6.07) is 0. The summed E-state index contributed by atoms with van der Waals surface area (Å²) in [6.45, 7) is 6.44. The molecule has 0 rings (SSSR count). The van der Waals surface area contributed by atoms with Crippen molar-refractivity contribution in [3.63, 3.8) is 0 Å². The Hall–Kier alpha value is -0.223. The van der Waals surface area contributed by atoms with Crippen molar-refractivity contribution in [1.82, 2.24) is 0 Å². The first-order chi connectivity index (χ1) is 2.56. The highest BCUT2D eigenvalue weighted by molar-refractivity contribution is 6.83. The molecule has 0 aliphatic carbocycles. The van der Waals surface area contributed by atoms with Crippen LogP contribution in [0.25, 0.3) is 0 Å². The molecule has 1 heteroatoms. The van der Waals surface area contributed by atoms with Crippen LogP contribution in [-0.2, 0) is 0 Å². The number of hydrogen-bond acceptors (Lipinski definition) is 0. The Balaban J connectivity index is 3.55. The van der Waals surface area contributed by atoms with Gasteiger partial charge in [0.15, 0.2) is 0 Å². The molecule has 0 radical (unpaired) electrons. The fourth-order valence-corrected chi connectivity index (χ4v) is 0. The molecule has 0 saturated carbocycles. The Kier molecular flexibility index (Phi) is 1.43. The molecule has 0 spiro atoms. The molecule has 6 heavy (non-hydrogen) atoms. The maximum Gasteiger partial charge on any atom is 0.128 e. The van der Waals surface area contributed by atoms with Crippen LogP contribution >= 0.6 is 0 Å². The zero-order valence-corrected chi connectivity index (χ0v) is 5.58. The first-order valence-electron chi connectivity index (χ1n) is 2.04. The van der Waals surface area contributed by atoms with Crippen LogP contribution < -0.4 is 0 Å². The third kappa shape index (κ3) is 3.78. The van der Waals surface area contributed by atoms with Crippen molar-refractivity contribution in [1.29, 1.82) is 0 Å². The standard InChI is InChI=1S/C5H10Si/c1-5-6(2,3)4/h1H,2-4H3/i1+1,5+1. The third-order valence-electron chi connectivity index (χ3n) is 0.433. The van der Waals surface area contributed by atoms with Gasteiger partial charge in [-0.05, 0) is 0 Å². The highest BCUT2D eigenvalue weighted by atomic mass is 28.3. The van der Waals surface area contributed by atoms with Crippen molar-refractivity contribution in [2.45, 2.75) is 19.6 Å². The van der Waals surface area contributed by atoms with Crippen LogP contribution in [0.5, 0.6) is 0 Å². The van der Waals surface area contributed by atoms with E-state index < -0.39 is 8.07 Å². The zero-order valence-electron chi connectivity index (χ0n) is 4.58. The molecule has 0 aliphatic heterocycles. The Bertz CT molecular complexity index is 70.9. The molecule has 0 aromatic heterocycles. The summed E-state index contributed by atoms with van der Waals surface area (Å²) in [5, 5.41) is 0. The van der Waals surface area contributed by atoms with Gasteiger partial charge in [0.05, 0.1) is 0 Å². The van der Waals surface area contributed by atoms with Gasteiger partial charge in [-0.25, -0.2) is 0 Å². The minimum atomic E-state index is -1.10. The van der Waals surface area contributed by atoms with Gasteiger partial charge < -0.3 is 0 Å². The molecular weight excluding hydrogens is 90.1 g/mol. The zero-order chi connectivity index (χ0) is 5.21. The maximum atomic E-state index is 5.12. The van der Waals surface area contributed by atoms with Gasteiger partial charge in [0.2, 0.25) is 0 Å². The highest BCUT2D eigenvalue weighted by Crippen LogP contribution is 1.94. The van der Waals surface area contributed by atoms with Crippen molar-refractivity contribution in [2.75, 3.05) is 0 Å². The quantitative estimate of drug-likeness (QED) is 0.246. The van der Waals surface area contributed by atoms with Crippen LogP contribution in [0.2, 0.25) is 19.6 Å². The molecular formula is C5H10Si. The van der Waals surface area contributed by atoms with Gasteiger partial charge in [-0.2, -0.15) is 0 Å². The summed E-state index contributed by atoms with van der Waals surface area (Å²) in [6.07, 6.45) is 5.12. The summed E-state index contributed by atoms with van der Waals surface area (Å²) in [5.41, 5.74) is 2.74. The molecule has 0 fully saturated rings. The fourth-order valence-electron chi connectivity index (χ4n) is 0. The van der Waals surface area contributed by atoms with E-state index in [-0.39, 0.29) is 0 Å². The van der Waals surface area contributed by atoms with Crippen molar-refractivity contribution < 1.29 is 0 Å². The first-order valence-corrected chi connectivity index (χ1v) is 5.54. The van der Waals surface area contributed by atoms with Crippen LogP contribution in [0.4, 0.5) is 0 Å². The molecule has 0 aromatic rings. The minimum absolute atomic E-state index is 1.10. The van der Waals surface area contributed by atoms with Crippen LogP contribution in [0.3, 0.4) is 0 Å².